The molecule has 0 radical (unpaired) electrons. The monoisotopic (exact) mass is 842 g/mol. The number of anilines is 2. The lowest BCUT2D eigenvalue weighted by molar-refractivity contribution is -0.168. The van der Waals surface area contributed by atoms with Crippen LogP contribution in [0.3, 0.4) is 0 Å². The van der Waals surface area contributed by atoms with Gasteiger partial charge in [-0.1, -0.05) is 145 Å². The number of ether oxygens (including phenoxy) is 4. The Labute approximate surface area is 357 Å². The van der Waals surface area contributed by atoms with Crippen LogP contribution in [0, 0.1) is 10.8 Å². The highest BCUT2D eigenvalue weighted by molar-refractivity contribution is 6.34. The van der Waals surface area contributed by atoms with E-state index in [2.05, 4.69) is 19.8 Å². The fourth-order valence-corrected chi connectivity index (χ4v) is 6.69. The van der Waals surface area contributed by atoms with Crippen molar-refractivity contribution < 1.29 is 28.5 Å². The zero-order valence-corrected chi connectivity index (χ0v) is 33.9. The smallest absolute Gasteiger partial charge is 0.417 e. The normalized spacial score (nSPS) is 10.5. The van der Waals surface area contributed by atoms with E-state index < -0.39 is 11.9 Å². The first-order valence-electron chi connectivity index (χ1n) is 18.9. The highest BCUT2D eigenvalue weighted by Gasteiger charge is 2.25. The van der Waals surface area contributed by atoms with Crippen molar-refractivity contribution in [3.63, 3.8) is 0 Å². The van der Waals surface area contributed by atoms with Crippen molar-refractivity contribution >= 4 is 57.9 Å². The van der Waals surface area contributed by atoms with E-state index in [1.165, 1.54) is 12.1 Å². The minimum atomic E-state index is -1.22. The Hall–Kier alpha value is -7.12. The van der Waals surface area contributed by atoms with Gasteiger partial charge >= 0.3 is 23.3 Å². The Morgan fingerprint density at radius 2 is 0.767 bits per heavy atom. The Morgan fingerprint density at radius 3 is 1.05 bits per heavy atom. The first-order valence-corrected chi connectivity index (χ1v) is 19.7. The molecule has 0 saturated heterocycles. The van der Waals surface area contributed by atoms with Gasteiger partial charge in [-0.3, -0.25) is 0 Å². The maximum atomic E-state index is 12.6. The Morgan fingerprint density at radius 1 is 0.467 bits per heavy atom. The van der Waals surface area contributed by atoms with Gasteiger partial charge in [0.25, 0.3) is 0 Å². The van der Waals surface area contributed by atoms with Gasteiger partial charge in [0.05, 0.1) is 23.5 Å². The van der Waals surface area contributed by atoms with Gasteiger partial charge in [-0.05, 0) is 34.4 Å². The fourth-order valence-electron chi connectivity index (χ4n) is 6.30. The first kappa shape index (κ1) is 42.5. The average molecular weight is 844 g/mol. The van der Waals surface area contributed by atoms with Gasteiger partial charge in [0.15, 0.2) is 21.5 Å². The molecule has 6 aromatic rings. The van der Waals surface area contributed by atoms with Crippen LogP contribution in [-0.2, 0) is 45.2 Å². The second-order valence-corrected chi connectivity index (χ2v) is 14.2. The summed E-state index contributed by atoms with van der Waals surface area (Å²) in [5, 5.41) is 19.6. The summed E-state index contributed by atoms with van der Waals surface area (Å²) in [5.74, 6) is -1.80. The molecule has 14 heteroatoms. The van der Waals surface area contributed by atoms with E-state index in [4.69, 9.17) is 42.1 Å². The summed E-state index contributed by atoms with van der Waals surface area (Å²) in [6, 6.07) is 45.7. The lowest BCUT2D eigenvalue weighted by Gasteiger charge is -2.27. The van der Waals surface area contributed by atoms with Gasteiger partial charge in [-0.15, -0.1) is 0 Å². The van der Waals surface area contributed by atoms with Gasteiger partial charge in [-0.25, -0.2) is 9.59 Å². The molecular formula is C46H40Cl2N6O6+2. The van der Waals surface area contributed by atoms with Crippen molar-refractivity contribution in [2.45, 2.75) is 26.2 Å². The number of diazo groups is 2. The summed E-state index contributed by atoms with van der Waals surface area (Å²) in [6.07, 6.45) is 0. The summed E-state index contributed by atoms with van der Waals surface area (Å²) < 4.78 is 22.4. The number of nitrogens with zero attached hydrogens (tertiary/aromatic N) is 6. The summed E-state index contributed by atoms with van der Waals surface area (Å²) in [6.45, 7) is 1.11. The van der Waals surface area contributed by atoms with E-state index in [1.54, 1.807) is 12.1 Å². The lowest BCUT2D eigenvalue weighted by atomic mass is 10.1. The molecule has 0 amide bonds. The van der Waals surface area contributed by atoms with Gasteiger partial charge in [-0.2, -0.15) is 0 Å². The predicted molar refractivity (Wildman–Crippen MR) is 231 cm³/mol. The van der Waals surface area contributed by atoms with E-state index in [-0.39, 0.29) is 47.8 Å². The molecule has 302 valence electrons. The van der Waals surface area contributed by atoms with Gasteiger partial charge in [0.1, 0.15) is 36.5 Å². The standard InChI is InChI=1S/C46H40Cl2N6O6/c47-37-25-41(53(29-33-13-5-1-6-14-33)30-34-15-7-2-8-16-34)43(27-39(37)51-49)57-21-23-59-45(55)46(56)60-24-22-58-44-28-40(52-50)38(48)26-42(44)54(31-35-17-9-3-10-18-35)32-36-19-11-4-12-20-36/h1-20,25-28H,21-24,29-32H2/q+2. The summed E-state index contributed by atoms with van der Waals surface area (Å²) in [7, 11) is 0. The van der Waals surface area contributed by atoms with Crippen molar-refractivity contribution in [2.24, 2.45) is 0 Å². The molecule has 0 bridgehead atoms. The van der Waals surface area contributed by atoms with Gasteiger partial charge in [0.2, 0.25) is 10.8 Å². The molecule has 0 aromatic heterocycles. The van der Waals surface area contributed by atoms with Crippen molar-refractivity contribution in [3.8, 4) is 11.5 Å². The third-order valence-corrected chi connectivity index (χ3v) is 9.74. The predicted octanol–water partition coefficient (Wildman–Crippen LogP) is 10.9. The maximum Gasteiger partial charge on any atom is 0.417 e. The maximum absolute atomic E-state index is 12.6. The van der Waals surface area contributed by atoms with Crippen LogP contribution in [0.5, 0.6) is 11.5 Å². The third kappa shape index (κ3) is 12.0. The van der Waals surface area contributed by atoms with Crippen molar-refractivity contribution in [1.29, 1.82) is 10.8 Å². The van der Waals surface area contributed by atoms with E-state index >= 15 is 0 Å². The van der Waals surface area contributed by atoms with Gasteiger partial charge in [0, 0.05) is 26.2 Å². The highest BCUT2D eigenvalue weighted by Crippen LogP contribution is 2.41. The van der Waals surface area contributed by atoms with Crippen LogP contribution in [0.2, 0.25) is 10.0 Å². The van der Waals surface area contributed by atoms with Crippen LogP contribution >= 0.6 is 23.2 Å². The second kappa shape index (κ2) is 21.6. The third-order valence-electron chi connectivity index (χ3n) is 9.13. The number of esters is 2. The molecule has 0 aliphatic carbocycles. The summed E-state index contributed by atoms with van der Waals surface area (Å²) >= 11 is 13.0. The molecule has 0 unspecified atom stereocenters. The van der Waals surface area contributed by atoms with Crippen molar-refractivity contribution in [2.75, 3.05) is 36.2 Å². The van der Waals surface area contributed by atoms with Crippen molar-refractivity contribution in [1.82, 2.24) is 0 Å². The van der Waals surface area contributed by atoms with Crippen LogP contribution in [0.1, 0.15) is 22.3 Å². The molecule has 0 saturated carbocycles. The van der Waals surface area contributed by atoms with E-state index in [1.807, 2.05) is 121 Å². The Kier molecular flexibility index (Phi) is 15.3. The number of carbonyl (C=O) groups is 2. The molecule has 60 heavy (non-hydrogen) atoms. The quantitative estimate of drug-likeness (QED) is 0.0356. The average Bonchev–Trinajstić information content (AvgIpc) is 3.28. The van der Waals surface area contributed by atoms with Crippen LogP contribution < -0.4 is 19.3 Å². The Balaban J connectivity index is 1.06. The topological polar surface area (TPSA) is 134 Å². The molecule has 6 aromatic carbocycles. The molecule has 0 atom stereocenters. The fraction of sp³-hybridized carbons (Fsp3) is 0.174. The highest BCUT2D eigenvalue weighted by atomic mass is 35.5. The summed E-state index contributed by atoms with van der Waals surface area (Å²) in [4.78, 5) is 35.9. The van der Waals surface area contributed by atoms with E-state index in [0.29, 0.717) is 49.1 Å². The largest absolute Gasteiger partial charge is 0.488 e. The number of carbonyl (C=O) groups excluding carboxylic acids is 2. The van der Waals surface area contributed by atoms with Crippen LogP contribution in [-0.4, -0.2) is 38.4 Å². The van der Waals surface area contributed by atoms with Gasteiger partial charge < -0.3 is 28.7 Å². The van der Waals surface area contributed by atoms with Crippen LogP contribution in [0.25, 0.3) is 9.95 Å². The van der Waals surface area contributed by atoms with Crippen LogP contribution in [0.15, 0.2) is 146 Å². The molecule has 0 fully saturated rings. The molecule has 6 rings (SSSR count). The second-order valence-electron chi connectivity index (χ2n) is 13.4. The molecule has 0 N–H and O–H groups in total. The number of hydrogen-bond acceptors (Lipinski definition) is 10. The molecule has 12 nitrogen and oxygen atoms in total. The zero-order valence-electron chi connectivity index (χ0n) is 32.4. The number of rotatable bonds is 18. The first-order chi connectivity index (χ1) is 29.3. The zero-order chi connectivity index (χ0) is 42.1. The summed E-state index contributed by atoms with van der Waals surface area (Å²) in [5.41, 5.74) is 5.55. The molecule has 0 heterocycles. The van der Waals surface area contributed by atoms with Crippen molar-refractivity contribution in [3.05, 3.63) is 188 Å². The number of halogens is 2. The molecule has 0 spiro atoms. The van der Waals surface area contributed by atoms with Crippen LogP contribution in [0.4, 0.5) is 22.7 Å². The van der Waals surface area contributed by atoms with E-state index in [9.17, 15) is 20.4 Å². The Bertz CT molecular complexity index is 2190. The molecular weight excluding hydrogens is 803 g/mol. The minimum absolute atomic E-state index is 0.0883. The number of hydrogen-bond donors (Lipinski definition) is 0. The lowest BCUT2D eigenvalue weighted by Crippen LogP contribution is -2.25. The van der Waals surface area contributed by atoms with E-state index in [0.717, 1.165) is 22.3 Å². The molecule has 0 aliphatic rings. The number of benzene rings is 6. The SMILES string of the molecule is N#[N+]c1cc(OCCOC(=O)C(=O)OCCOc2cc([N+]#N)c(Cl)cc2N(Cc2ccccc2)Cc2ccccc2)c(N(Cc2ccccc2)Cc2ccccc2)cc1Cl. The minimum Gasteiger partial charge on any atom is -0.488 e. The molecule has 0 aliphatic heterocycles.